The van der Waals surface area contributed by atoms with Gasteiger partial charge in [-0.3, -0.25) is 4.79 Å². The zero-order valence-electron chi connectivity index (χ0n) is 16.3. The third-order valence-electron chi connectivity index (χ3n) is 4.80. The van der Waals surface area contributed by atoms with Gasteiger partial charge in [-0.25, -0.2) is 22.7 Å². The fraction of sp³-hybridized carbons (Fsp3) is 0.316. The molecule has 7 nitrogen and oxygen atoms in total. The normalized spacial score (nSPS) is 13.7. The summed E-state index contributed by atoms with van der Waals surface area (Å²) in [5.74, 6) is -0.169. The summed E-state index contributed by atoms with van der Waals surface area (Å²) in [5, 5.41) is 4.84. The van der Waals surface area contributed by atoms with Crippen molar-refractivity contribution in [3.05, 3.63) is 40.0 Å². The zero-order chi connectivity index (χ0) is 21.5. The molecule has 3 aromatic rings. The number of fused-ring (bicyclic) bond motifs is 3. The van der Waals surface area contributed by atoms with Gasteiger partial charge in [0.05, 0.1) is 21.4 Å². The summed E-state index contributed by atoms with van der Waals surface area (Å²) in [7, 11) is -0.735. The fourth-order valence-corrected chi connectivity index (χ4v) is 6.51. The SMILES string of the molecule is CN(C)S(=O)(=O)c1ccc(Cl)c(NC(=O)CSc2ncnc3sc4c(c23)CCC4)c1. The van der Waals surface area contributed by atoms with Gasteiger partial charge in [-0.2, -0.15) is 0 Å². The molecule has 0 aliphatic heterocycles. The van der Waals surface area contributed by atoms with Gasteiger partial charge in [0.15, 0.2) is 0 Å². The number of thiophene rings is 1. The maximum atomic E-state index is 12.5. The number of carbonyl (C=O) groups excluding carboxylic acids is 1. The van der Waals surface area contributed by atoms with Gasteiger partial charge in [0.2, 0.25) is 15.9 Å². The van der Waals surface area contributed by atoms with Gasteiger partial charge in [-0.15, -0.1) is 11.3 Å². The van der Waals surface area contributed by atoms with Gasteiger partial charge in [0, 0.05) is 24.4 Å². The molecule has 4 rings (SSSR count). The predicted molar refractivity (Wildman–Crippen MR) is 121 cm³/mol. The topological polar surface area (TPSA) is 92.3 Å². The smallest absolute Gasteiger partial charge is 0.242 e. The Bertz CT molecular complexity index is 1240. The van der Waals surface area contributed by atoms with Crippen molar-refractivity contribution in [2.24, 2.45) is 0 Å². The summed E-state index contributed by atoms with van der Waals surface area (Å²) in [6.45, 7) is 0. The van der Waals surface area contributed by atoms with E-state index in [1.165, 1.54) is 60.8 Å². The van der Waals surface area contributed by atoms with E-state index in [9.17, 15) is 13.2 Å². The lowest BCUT2D eigenvalue weighted by atomic mass is 10.2. The predicted octanol–water partition coefficient (Wildman–Crippen LogP) is 3.81. The van der Waals surface area contributed by atoms with E-state index < -0.39 is 10.0 Å². The Labute approximate surface area is 187 Å². The van der Waals surface area contributed by atoms with Crippen molar-refractivity contribution >= 4 is 66.5 Å². The second-order valence-electron chi connectivity index (χ2n) is 6.98. The lowest BCUT2D eigenvalue weighted by Gasteiger charge is -2.13. The van der Waals surface area contributed by atoms with E-state index in [4.69, 9.17) is 11.6 Å². The number of aromatic nitrogens is 2. The summed E-state index contributed by atoms with van der Waals surface area (Å²) >= 11 is 9.21. The molecule has 30 heavy (non-hydrogen) atoms. The number of aryl methyl sites for hydroxylation is 2. The van der Waals surface area contributed by atoms with Crippen LogP contribution in [-0.2, 0) is 27.7 Å². The van der Waals surface area contributed by atoms with E-state index in [2.05, 4.69) is 15.3 Å². The van der Waals surface area contributed by atoms with Gasteiger partial charge in [-0.1, -0.05) is 23.4 Å². The summed E-state index contributed by atoms with van der Waals surface area (Å²) in [6, 6.07) is 4.25. The highest BCUT2D eigenvalue weighted by Crippen LogP contribution is 2.40. The molecule has 158 valence electrons. The van der Waals surface area contributed by atoms with E-state index >= 15 is 0 Å². The van der Waals surface area contributed by atoms with Crippen molar-refractivity contribution in [1.29, 1.82) is 0 Å². The average molecular weight is 483 g/mol. The number of nitrogens with one attached hydrogen (secondary N) is 1. The minimum Gasteiger partial charge on any atom is -0.324 e. The number of halogens is 1. The standard InChI is InChI=1S/C19H19ClN4O3S3/c1-24(2)30(26,27)11-6-7-13(20)14(8-11)23-16(25)9-28-18-17-12-4-3-5-15(12)29-19(17)22-10-21-18/h6-8,10H,3-5,9H2,1-2H3,(H,23,25). The van der Waals surface area contributed by atoms with Crippen LogP contribution >= 0.6 is 34.7 Å². The average Bonchev–Trinajstić information content (AvgIpc) is 3.29. The minimum atomic E-state index is -3.63. The Kier molecular flexibility index (Phi) is 6.04. The summed E-state index contributed by atoms with van der Waals surface area (Å²) < 4.78 is 25.8. The molecule has 1 aromatic carbocycles. The Morgan fingerprint density at radius 2 is 2.10 bits per heavy atom. The molecule has 2 aromatic heterocycles. The lowest BCUT2D eigenvalue weighted by Crippen LogP contribution is -2.22. The molecule has 11 heteroatoms. The maximum Gasteiger partial charge on any atom is 0.242 e. The summed E-state index contributed by atoms with van der Waals surface area (Å²) in [4.78, 5) is 23.7. The molecular formula is C19H19ClN4O3S3. The highest BCUT2D eigenvalue weighted by atomic mass is 35.5. The molecule has 0 saturated carbocycles. The van der Waals surface area contributed by atoms with Crippen LogP contribution in [-0.4, -0.2) is 48.4 Å². The van der Waals surface area contributed by atoms with Crippen LogP contribution in [0, 0.1) is 0 Å². The van der Waals surface area contributed by atoms with Crippen LogP contribution in [0.15, 0.2) is 34.4 Å². The molecular weight excluding hydrogens is 464 g/mol. The van der Waals surface area contributed by atoms with Crippen molar-refractivity contribution in [1.82, 2.24) is 14.3 Å². The van der Waals surface area contributed by atoms with E-state index in [-0.39, 0.29) is 27.3 Å². The van der Waals surface area contributed by atoms with Crippen LogP contribution in [0.2, 0.25) is 5.02 Å². The number of anilines is 1. The van der Waals surface area contributed by atoms with Crippen molar-refractivity contribution < 1.29 is 13.2 Å². The number of thioether (sulfide) groups is 1. The van der Waals surface area contributed by atoms with Crippen molar-refractivity contribution in [3.8, 4) is 0 Å². The molecule has 0 atom stereocenters. The third-order valence-corrected chi connectivity index (χ3v) is 9.13. The first-order valence-corrected chi connectivity index (χ1v) is 12.8. The molecule has 1 aliphatic carbocycles. The molecule has 0 fully saturated rings. The van der Waals surface area contributed by atoms with E-state index in [0.717, 1.165) is 38.8 Å². The molecule has 0 spiro atoms. The molecule has 0 unspecified atom stereocenters. The van der Waals surface area contributed by atoms with Crippen LogP contribution in [0.5, 0.6) is 0 Å². The first-order valence-electron chi connectivity index (χ1n) is 9.17. The number of sulfonamides is 1. The van der Waals surface area contributed by atoms with E-state index in [1.54, 1.807) is 11.3 Å². The van der Waals surface area contributed by atoms with Crippen LogP contribution in [0.3, 0.4) is 0 Å². The van der Waals surface area contributed by atoms with Crippen molar-refractivity contribution in [2.75, 3.05) is 25.2 Å². The first-order chi connectivity index (χ1) is 14.3. The molecule has 1 N–H and O–H groups in total. The number of hydrogen-bond donors (Lipinski definition) is 1. The van der Waals surface area contributed by atoms with Gasteiger partial charge in [0.25, 0.3) is 0 Å². The van der Waals surface area contributed by atoms with Crippen LogP contribution in [0.25, 0.3) is 10.2 Å². The van der Waals surface area contributed by atoms with Crippen LogP contribution in [0.4, 0.5) is 5.69 Å². The summed E-state index contributed by atoms with van der Waals surface area (Å²) in [6.07, 6.45) is 4.76. The number of hydrogen-bond acceptors (Lipinski definition) is 7. The zero-order valence-corrected chi connectivity index (χ0v) is 19.5. The quantitative estimate of drug-likeness (QED) is 0.424. The number of rotatable bonds is 6. The second-order valence-corrected chi connectivity index (χ2v) is 11.6. The Balaban J connectivity index is 1.51. The van der Waals surface area contributed by atoms with Crippen molar-refractivity contribution in [3.63, 3.8) is 0 Å². The van der Waals surface area contributed by atoms with Crippen LogP contribution in [0.1, 0.15) is 16.9 Å². The van der Waals surface area contributed by atoms with Gasteiger partial charge in [0.1, 0.15) is 16.2 Å². The van der Waals surface area contributed by atoms with Crippen molar-refractivity contribution in [2.45, 2.75) is 29.2 Å². The summed E-state index contributed by atoms with van der Waals surface area (Å²) in [5.41, 5.74) is 1.57. The molecule has 2 heterocycles. The fourth-order valence-electron chi connectivity index (χ4n) is 3.30. The molecule has 1 aliphatic rings. The minimum absolute atomic E-state index is 0.0613. The van der Waals surface area contributed by atoms with E-state index in [1.807, 2.05) is 0 Å². The van der Waals surface area contributed by atoms with Gasteiger partial charge in [-0.05, 0) is 43.0 Å². The third kappa shape index (κ3) is 4.06. The number of nitrogens with zero attached hydrogens (tertiary/aromatic N) is 3. The van der Waals surface area contributed by atoms with Gasteiger partial charge >= 0.3 is 0 Å². The first kappa shape index (κ1) is 21.5. The highest BCUT2D eigenvalue weighted by Gasteiger charge is 2.22. The molecule has 0 radical (unpaired) electrons. The lowest BCUT2D eigenvalue weighted by molar-refractivity contribution is -0.113. The Morgan fingerprint density at radius 3 is 2.87 bits per heavy atom. The van der Waals surface area contributed by atoms with Gasteiger partial charge < -0.3 is 5.32 Å². The number of benzene rings is 1. The molecule has 0 bridgehead atoms. The molecule has 1 amide bonds. The van der Waals surface area contributed by atoms with E-state index in [0.29, 0.717) is 0 Å². The monoisotopic (exact) mass is 482 g/mol. The van der Waals surface area contributed by atoms with Crippen LogP contribution < -0.4 is 5.32 Å². The largest absolute Gasteiger partial charge is 0.324 e. The number of amides is 1. The Hall–Kier alpha value is -1.72. The highest BCUT2D eigenvalue weighted by molar-refractivity contribution is 8.00. The number of carbonyl (C=O) groups is 1. The second kappa shape index (κ2) is 8.43. The Morgan fingerprint density at radius 1 is 1.30 bits per heavy atom. The molecule has 0 saturated heterocycles. The maximum absolute atomic E-state index is 12.5.